The second-order valence-electron chi connectivity index (χ2n) is 4.66. The molecule has 2 rings (SSSR count). The van der Waals surface area contributed by atoms with Crippen LogP contribution in [0.2, 0.25) is 0 Å². The van der Waals surface area contributed by atoms with Gasteiger partial charge < -0.3 is 14.4 Å². The van der Waals surface area contributed by atoms with E-state index in [1.54, 1.807) is 6.20 Å². The molecule has 1 aliphatic rings. The summed E-state index contributed by atoms with van der Waals surface area (Å²) in [6, 6.07) is 0. The number of imidazole rings is 1. The van der Waals surface area contributed by atoms with Crippen molar-refractivity contribution in [3.05, 3.63) is 18.2 Å². The van der Waals surface area contributed by atoms with Crippen LogP contribution in [0.4, 0.5) is 0 Å². The van der Waals surface area contributed by atoms with Gasteiger partial charge in [-0.3, -0.25) is 0 Å². The van der Waals surface area contributed by atoms with E-state index in [0.29, 0.717) is 5.92 Å². The summed E-state index contributed by atoms with van der Waals surface area (Å²) in [6.45, 7) is 2.92. The summed E-state index contributed by atoms with van der Waals surface area (Å²) in [4.78, 5) is 4.24. The second-order valence-corrected chi connectivity index (χ2v) is 4.66. The van der Waals surface area contributed by atoms with Gasteiger partial charge >= 0.3 is 0 Å². The van der Waals surface area contributed by atoms with E-state index in [1.807, 2.05) is 17.8 Å². The molecule has 1 aliphatic heterocycles. The van der Waals surface area contributed by atoms with Crippen LogP contribution in [-0.4, -0.2) is 33.5 Å². The molecule has 0 aliphatic carbocycles. The summed E-state index contributed by atoms with van der Waals surface area (Å²) in [5.41, 5.74) is 0. The topological polar surface area (TPSA) is 47.3 Å². The lowest BCUT2D eigenvalue weighted by Gasteiger charge is -2.21. The first kappa shape index (κ1) is 11.6. The predicted molar refractivity (Wildman–Crippen MR) is 61.1 cm³/mol. The zero-order chi connectivity index (χ0) is 11.5. The van der Waals surface area contributed by atoms with Crippen molar-refractivity contribution in [2.75, 3.05) is 6.61 Å². The lowest BCUT2D eigenvalue weighted by Crippen LogP contribution is -2.30. The highest BCUT2D eigenvalue weighted by molar-refractivity contribution is 4.92. The Labute approximate surface area is 96.3 Å². The minimum atomic E-state index is -0.366. The van der Waals surface area contributed by atoms with Gasteiger partial charge in [-0.2, -0.15) is 0 Å². The third-order valence-corrected chi connectivity index (χ3v) is 3.41. The maximum atomic E-state index is 10.0. The Morgan fingerprint density at radius 1 is 1.69 bits per heavy atom. The minimum absolute atomic E-state index is 0.0141. The number of hydrogen-bond donors (Lipinski definition) is 1. The lowest BCUT2D eigenvalue weighted by molar-refractivity contribution is -0.0200. The summed E-state index contributed by atoms with van der Waals surface area (Å²) in [5, 5.41) is 10.0. The molecule has 0 amide bonds. The molecule has 0 bridgehead atoms. The number of rotatable bonds is 4. The van der Waals surface area contributed by atoms with Crippen LogP contribution in [0, 0.1) is 5.92 Å². The molecule has 1 aromatic rings. The molecule has 1 aromatic heterocycles. The van der Waals surface area contributed by atoms with Gasteiger partial charge in [-0.05, 0) is 18.8 Å². The van der Waals surface area contributed by atoms with Crippen LogP contribution in [0.1, 0.15) is 25.6 Å². The number of aryl methyl sites for hydroxylation is 2. The van der Waals surface area contributed by atoms with E-state index in [4.69, 9.17) is 4.74 Å². The van der Waals surface area contributed by atoms with Crippen LogP contribution in [0.3, 0.4) is 0 Å². The minimum Gasteiger partial charge on any atom is -0.390 e. The summed E-state index contributed by atoms with van der Waals surface area (Å²) in [7, 11) is 1.98. The SMILES string of the molecule is CC1CCOC1C(O)CCc1nccn1C. The van der Waals surface area contributed by atoms with Crippen LogP contribution < -0.4 is 0 Å². The fourth-order valence-corrected chi connectivity index (χ4v) is 2.29. The van der Waals surface area contributed by atoms with Gasteiger partial charge in [-0.1, -0.05) is 6.92 Å². The maximum absolute atomic E-state index is 10.0. The van der Waals surface area contributed by atoms with Gasteiger partial charge in [0.25, 0.3) is 0 Å². The zero-order valence-corrected chi connectivity index (χ0v) is 9.97. The van der Waals surface area contributed by atoms with E-state index in [2.05, 4.69) is 11.9 Å². The number of nitrogens with zero attached hydrogens (tertiary/aromatic N) is 2. The number of hydrogen-bond acceptors (Lipinski definition) is 3. The second kappa shape index (κ2) is 4.97. The Morgan fingerprint density at radius 2 is 2.50 bits per heavy atom. The standard InChI is InChI=1S/C12H20N2O2/c1-9-5-8-16-12(9)10(15)3-4-11-13-6-7-14(11)2/h6-7,9-10,12,15H,3-5,8H2,1-2H3. The first-order valence-corrected chi connectivity index (χ1v) is 5.94. The van der Waals surface area contributed by atoms with E-state index in [0.717, 1.165) is 31.7 Å². The molecule has 0 aromatic carbocycles. The van der Waals surface area contributed by atoms with E-state index >= 15 is 0 Å². The van der Waals surface area contributed by atoms with Crippen molar-refractivity contribution in [2.45, 2.75) is 38.4 Å². The number of aliphatic hydroxyl groups is 1. The van der Waals surface area contributed by atoms with Crippen molar-refractivity contribution in [1.29, 1.82) is 0 Å². The lowest BCUT2D eigenvalue weighted by atomic mass is 9.97. The highest BCUT2D eigenvalue weighted by Gasteiger charge is 2.30. The van der Waals surface area contributed by atoms with Crippen molar-refractivity contribution in [1.82, 2.24) is 9.55 Å². The number of aromatic nitrogens is 2. The van der Waals surface area contributed by atoms with Gasteiger partial charge in [-0.25, -0.2) is 4.98 Å². The van der Waals surface area contributed by atoms with E-state index in [-0.39, 0.29) is 12.2 Å². The van der Waals surface area contributed by atoms with E-state index < -0.39 is 0 Å². The number of aliphatic hydroxyl groups excluding tert-OH is 1. The van der Waals surface area contributed by atoms with Crippen molar-refractivity contribution in [3.8, 4) is 0 Å². The third kappa shape index (κ3) is 2.44. The van der Waals surface area contributed by atoms with Gasteiger partial charge in [0.05, 0.1) is 12.2 Å². The van der Waals surface area contributed by atoms with Crippen LogP contribution >= 0.6 is 0 Å². The molecule has 16 heavy (non-hydrogen) atoms. The fraction of sp³-hybridized carbons (Fsp3) is 0.750. The molecule has 4 nitrogen and oxygen atoms in total. The van der Waals surface area contributed by atoms with Crippen molar-refractivity contribution >= 4 is 0 Å². The highest BCUT2D eigenvalue weighted by atomic mass is 16.5. The van der Waals surface area contributed by atoms with Gasteiger partial charge in [0.2, 0.25) is 0 Å². The molecular formula is C12H20N2O2. The smallest absolute Gasteiger partial charge is 0.108 e. The molecule has 1 saturated heterocycles. The summed E-state index contributed by atoms with van der Waals surface area (Å²) >= 11 is 0. The first-order chi connectivity index (χ1) is 7.68. The van der Waals surface area contributed by atoms with Crippen LogP contribution in [0.15, 0.2) is 12.4 Å². The molecule has 90 valence electrons. The fourth-order valence-electron chi connectivity index (χ4n) is 2.29. The van der Waals surface area contributed by atoms with Crippen molar-refractivity contribution < 1.29 is 9.84 Å². The molecule has 1 fully saturated rings. The summed E-state index contributed by atoms with van der Waals surface area (Å²) < 4.78 is 7.54. The Bertz CT molecular complexity index is 338. The molecule has 1 N–H and O–H groups in total. The Balaban J connectivity index is 1.84. The molecule has 3 atom stereocenters. The average molecular weight is 224 g/mol. The monoisotopic (exact) mass is 224 g/mol. The maximum Gasteiger partial charge on any atom is 0.108 e. The Hall–Kier alpha value is -0.870. The predicted octanol–water partition coefficient (Wildman–Crippen LogP) is 1.14. The van der Waals surface area contributed by atoms with Gasteiger partial charge in [-0.15, -0.1) is 0 Å². The van der Waals surface area contributed by atoms with Gasteiger partial charge in [0, 0.05) is 32.5 Å². The largest absolute Gasteiger partial charge is 0.390 e. The van der Waals surface area contributed by atoms with Crippen LogP contribution in [0.5, 0.6) is 0 Å². The molecule has 0 radical (unpaired) electrons. The van der Waals surface area contributed by atoms with E-state index in [9.17, 15) is 5.11 Å². The Morgan fingerprint density at radius 3 is 3.06 bits per heavy atom. The molecule has 0 saturated carbocycles. The molecular weight excluding hydrogens is 204 g/mol. The average Bonchev–Trinajstić information content (AvgIpc) is 2.84. The summed E-state index contributed by atoms with van der Waals surface area (Å²) in [5.74, 6) is 1.49. The highest BCUT2D eigenvalue weighted by Crippen LogP contribution is 2.24. The quantitative estimate of drug-likeness (QED) is 0.834. The van der Waals surface area contributed by atoms with E-state index in [1.165, 1.54) is 0 Å². The van der Waals surface area contributed by atoms with Crippen molar-refractivity contribution in [3.63, 3.8) is 0 Å². The van der Waals surface area contributed by atoms with Crippen molar-refractivity contribution in [2.24, 2.45) is 13.0 Å². The normalized spacial score (nSPS) is 27.2. The third-order valence-electron chi connectivity index (χ3n) is 3.41. The zero-order valence-electron chi connectivity index (χ0n) is 9.97. The molecule has 3 unspecified atom stereocenters. The first-order valence-electron chi connectivity index (χ1n) is 5.94. The van der Waals surface area contributed by atoms with Crippen LogP contribution in [0.25, 0.3) is 0 Å². The Kier molecular flexibility index (Phi) is 3.61. The molecule has 0 spiro atoms. The molecule has 4 heteroatoms. The van der Waals surface area contributed by atoms with Crippen LogP contribution in [-0.2, 0) is 18.2 Å². The number of ether oxygens (including phenoxy) is 1. The van der Waals surface area contributed by atoms with Gasteiger partial charge in [0.15, 0.2) is 0 Å². The van der Waals surface area contributed by atoms with Gasteiger partial charge in [0.1, 0.15) is 5.82 Å². The summed E-state index contributed by atoms with van der Waals surface area (Å²) in [6.07, 6.45) is 5.95. The molecule has 2 heterocycles.